The third-order valence-corrected chi connectivity index (χ3v) is 2.67. The lowest BCUT2D eigenvalue weighted by atomic mass is 10.00. The predicted octanol–water partition coefficient (Wildman–Crippen LogP) is 0.997. The lowest BCUT2D eigenvalue weighted by Crippen LogP contribution is -2.48. The van der Waals surface area contributed by atoms with Gasteiger partial charge in [-0.1, -0.05) is 0 Å². The van der Waals surface area contributed by atoms with Crippen molar-refractivity contribution in [3.8, 4) is 0 Å². The van der Waals surface area contributed by atoms with E-state index in [0.717, 1.165) is 19.3 Å². The molecule has 0 bridgehead atoms. The highest BCUT2D eigenvalue weighted by Crippen LogP contribution is 2.20. The van der Waals surface area contributed by atoms with Crippen LogP contribution in [-0.4, -0.2) is 53.6 Å². The number of piperidine rings is 1. The Morgan fingerprint density at radius 2 is 2.07 bits per heavy atom. The van der Waals surface area contributed by atoms with E-state index in [4.69, 9.17) is 5.11 Å². The molecule has 1 aliphatic rings. The quantitative estimate of drug-likeness (QED) is 0.746. The molecule has 1 aliphatic heterocycles. The molecule has 5 nitrogen and oxygen atoms in total. The summed E-state index contributed by atoms with van der Waals surface area (Å²) in [7, 11) is 3.38. The van der Waals surface area contributed by atoms with Crippen molar-refractivity contribution >= 4 is 12.0 Å². The first-order valence-electron chi connectivity index (χ1n) is 5.22. The molecule has 5 heteroatoms. The largest absolute Gasteiger partial charge is 0.481 e. The van der Waals surface area contributed by atoms with Crippen molar-refractivity contribution in [2.75, 3.05) is 20.6 Å². The molecule has 1 rings (SSSR count). The summed E-state index contributed by atoms with van der Waals surface area (Å²) in [5.74, 6) is -0.835. The van der Waals surface area contributed by atoms with E-state index in [2.05, 4.69) is 0 Å². The average Bonchev–Trinajstić information content (AvgIpc) is 2.16. The Bertz CT molecular complexity index is 253. The number of nitrogens with zero attached hydrogens (tertiary/aromatic N) is 2. The summed E-state index contributed by atoms with van der Waals surface area (Å²) in [4.78, 5) is 25.6. The SMILES string of the molecule is CN(C)C(=O)N1CCCCC1CC(=O)O. The Balaban J connectivity index is 2.65. The van der Waals surface area contributed by atoms with Crippen LogP contribution in [0.4, 0.5) is 4.79 Å². The monoisotopic (exact) mass is 214 g/mol. The highest BCUT2D eigenvalue weighted by atomic mass is 16.4. The lowest BCUT2D eigenvalue weighted by molar-refractivity contribution is -0.138. The molecular weight excluding hydrogens is 196 g/mol. The molecule has 0 radical (unpaired) electrons. The third kappa shape index (κ3) is 3.11. The van der Waals surface area contributed by atoms with Crippen LogP contribution >= 0.6 is 0 Å². The van der Waals surface area contributed by atoms with Gasteiger partial charge in [0.2, 0.25) is 0 Å². The summed E-state index contributed by atoms with van der Waals surface area (Å²) in [6.07, 6.45) is 2.83. The highest BCUT2D eigenvalue weighted by Gasteiger charge is 2.29. The van der Waals surface area contributed by atoms with Gasteiger partial charge in [-0.25, -0.2) is 4.79 Å². The van der Waals surface area contributed by atoms with Crippen molar-refractivity contribution in [3.63, 3.8) is 0 Å². The summed E-state index contributed by atoms with van der Waals surface area (Å²) < 4.78 is 0. The molecule has 1 atom stereocenters. The maximum Gasteiger partial charge on any atom is 0.319 e. The molecule has 2 amide bonds. The minimum absolute atomic E-state index is 0.0551. The maximum atomic E-state index is 11.7. The van der Waals surface area contributed by atoms with Crippen LogP contribution in [0.1, 0.15) is 25.7 Å². The van der Waals surface area contributed by atoms with Gasteiger partial charge in [-0.15, -0.1) is 0 Å². The van der Waals surface area contributed by atoms with Gasteiger partial charge in [0.25, 0.3) is 0 Å². The van der Waals surface area contributed by atoms with Gasteiger partial charge in [0, 0.05) is 26.7 Å². The first-order chi connectivity index (χ1) is 7.02. The second kappa shape index (κ2) is 5.00. The Morgan fingerprint density at radius 3 is 2.60 bits per heavy atom. The number of carbonyl (C=O) groups is 2. The van der Waals surface area contributed by atoms with Crippen LogP contribution in [-0.2, 0) is 4.79 Å². The van der Waals surface area contributed by atoms with E-state index in [1.54, 1.807) is 19.0 Å². The first-order valence-corrected chi connectivity index (χ1v) is 5.22. The molecule has 15 heavy (non-hydrogen) atoms. The van der Waals surface area contributed by atoms with Crippen molar-refractivity contribution in [2.24, 2.45) is 0 Å². The van der Waals surface area contributed by atoms with Gasteiger partial charge in [-0.2, -0.15) is 0 Å². The number of hydrogen-bond acceptors (Lipinski definition) is 2. The van der Waals surface area contributed by atoms with Gasteiger partial charge in [0.1, 0.15) is 0 Å². The van der Waals surface area contributed by atoms with Crippen molar-refractivity contribution < 1.29 is 14.7 Å². The number of likely N-dealkylation sites (tertiary alicyclic amines) is 1. The van der Waals surface area contributed by atoms with Crippen LogP contribution in [0.25, 0.3) is 0 Å². The fourth-order valence-corrected chi connectivity index (χ4v) is 1.92. The molecule has 1 unspecified atom stereocenters. The fraction of sp³-hybridized carbons (Fsp3) is 0.800. The molecule has 1 saturated heterocycles. The van der Waals surface area contributed by atoms with Crippen molar-refractivity contribution in [2.45, 2.75) is 31.7 Å². The second-order valence-electron chi connectivity index (χ2n) is 4.12. The topological polar surface area (TPSA) is 60.9 Å². The van der Waals surface area contributed by atoms with Gasteiger partial charge in [-0.05, 0) is 19.3 Å². The van der Waals surface area contributed by atoms with Gasteiger partial charge in [0.05, 0.1) is 6.42 Å². The van der Waals surface area contributed by atoms with E-state index >= 15 is 0 Å². The number of carboxylic acids is 1. The number of amides is 2. The zero-order valence-corrected chi connectivity index (χ0v) is 9.27. The van der Waals surface area contributed by atoms with E-state index in [-0.39, 0.29) is 18.5 Å². The van der Waals surface area contributed by atoms with Crippen LogP contribution in [0, 0.1) is 0 Å². The van der Waals surface area contributed by atoms with E-state index in [0.29, 0.717) is 6.54 Å². The summed E-state index contributed by atoms with van der Waals surface area (Å²) in [6.45, 7) is 0.676. The third-order valence-electron chi connectivity index (χ3n) is 2.67. The van der Waals surface area contributed by atoms with Crippen LogP contribution in [0.5, 0.6) is 0 Å². The van der Waals surface area contributed by atoms with E-state index < -0.39 is 5.97 Å². The van der Waals surface area contributed by atoms with Crippen LogP contribution < -0.4 is 0 Å². The Hall–Kier alpha value is -1.26. The molecule has 1 N–H and O–H groups in total. The van der Waals surface area contributed by atoms with Gasteiger partial charge in [0.15, 0.2) is 0 Å². The molecule has 0 spiro atoms. The molecule has 0 aromatic carbocycles. The van der Waals surface area contributed by atoms with Crippen molar-refractivity contribution in [1.82, 2.24) is 9.80 Å². The normalized spacial score (nSPS) is 21.2. The van der Waals surface area contributed by atoms with E-state index in [1.807, 2.05) is 0 Å². The predicted molar refractivity (Wildman–Crippen MR) is 55.7 cm³/mol. The Kier molecular flexibility index (Phi) is 3.94. The lowest BCUT2D eigenvalue weighted by Gasteiger charge is -2.36. The van der Waals surface area contributed by atoms with E-state index in [9.17, 15) is 9.59 Å². The van der Waals surface area contributed by atoms with Gasteiger partial charge < -0.3 is 14.9 Å². The molecule has 86 valence electrons. The zero-order chi connectivity index (χ0) is 11.4. The maximum absolute atomic E-state index is 11.7. The van der Waals surface area contributed by atoms with Gasteiger partial charge >= 0.3 is 12.0 Å². The average molecular weight is 214 g/mol. The second-order valence-corrected chi connectivity index (χ2v) is 4.12. The number of carboxylic acid groups (broad SMARTS) is 1. The summed E-state index contributed by atoms with van der Waals surface area (Å²) in [6, 6.07) is -0.216. The number of urea groups is 1. The molecule has 0 saturated carbocycles. The Morgan fingerprint density at radius 1 is 1.40 bits per heavy atom. The summed E-state index contributed by atoms with van der Waals surface area (Å²) >= 11 is 0. The fourth-order valence-electron chi connectivity index (χ4n) is 1.92. The minimum atomic E-state index is -0.835. The number of aliphatic carboxylic acids is 1. The molecule has 1 heterocycles. The molecule has 0 aromatic rings. The molecule has 0 aliphatic carbocycles. The van der Waals surface area contributed by atoms with Crippen LogP contribution in [0.2, 0.25) is 0 Å². The first kappa shape index (κ1) is 11.8. The Labute approximate surface area is 89.7 Å². The smallest absolute Gasteiger partial charge is 0.319 e. The summed E-state index contributed by atoms with van der Waals surface area (Å²) in [5, 5.41) is 8.75. The number of rotatable bonds is 2. The van der Waals surface area contributed by atoms with Crippen molar-refractivity contribution in [1.29, 1.82) is 0 Å². The number of hydrogen-bond donors (Lipinski definition) is 1. The molecule has 0 aromatic heterocycles. The van der Waals surface area contributed by atoms with E-state index in [1.165, 1.54) is 4.90 Å². The van der Waals surface area contributed by atoms with Crippen LogP contribution in [0.15, 0.2) is 0 Å². The molecular formula is C10H18N2O3. The number of carbonyl (C=O) groups excluding carboxylic acids is 1. The summed E-state index contributed by atoms with van der Waals surface area (Å²) in [5.41, 5.74) is 0. The van der Waals surface area contributed by atoms with Gasteiger partial charge in [-0.3, -0.25) is 4.79 Å². The molecule has 1 fully saturated rings. The zero-order valence-electron chi connectivity index (χ0n) is 9.27. The van der Waals surface area contributed by atoms with Crippen LogP contribution in [0.3, 0.4) is 0 Å². The minimum Gasteiger partial charge on any atom is -0.481 e. The van der Waals surface area contributed by atoms with Crippen molar-refractivity contribution in [3.05, 3.63) is 0 Å². The standard InChI is InChI=1S/C10H18N2O3/c1-11(2)10(15)12-6-4-3-5-8(12)7-9(13)14/h8H,3-7H2,1-2H3,(H,13,14). The highest BCUT2D eigenvalue weighted by molar-refractivity contribution is 5.75.